The molecule has 0 radical (unpaired) electrons. The van der Waals surface area contributed by atoms with Crippen LogP contribution in [0.3, 0.4) is 0 Å². The first-order chi connectivity index (χ1) is 8.58. The minimum Gasteiger partial charge on any atom is -0.394 e. The summed E-state index contributed by atoms with van der Waals surface area (Å²) < 4.78 is 11.9. The van der Waals surface area contributed by atoms with Crippen molar-refractivity contribution >= 4 is 0 Å². The maximum atomic E-state index is 11.7. The molecular weight excluding hydrogens is 244 g/mol. The summed E-state index contributed by atoms with van der Waals surface area (Å²) in [5, 5.41) is 18.9. The van der Waals surface area contributed by atoms with E-state index in [2.05, 4.69) is 4.98 Å². The Balaban J connectivity index is 2.06. The maximum Gasteiger partial charge on any atom is 0.330 e. The molecule has 3 rings (SSSR count). The molecule has 0 aliphatic carbocycles. The molecule has 8 heteroatoms. The van der Waals surface area contributed by atoms with Gasteiger partial charge in [0.1, 0.15) is 18.3 Å². The molecule has 3 heterocycles. The second-order valence-corrected chi connectivity index (χ2v) is 4.39. The zero-order valence-electron chi connectivity index (χ0n) is 9.28. The van der Waals surface area contributed by atoms with Gasteiger partial charge in [-0.3, -0.25) is 14.3 Å². The molecule has 0 bridgehead atoms. The summed E-state index contributed by atoms with van der Waals surface area (Å²) in [6.45, 7) is -0.294. The van der Waals surface area contributed by atoms with Gasteiger partial charge in [0.25, 0.3) is 5.56 Å². The van der Waals surface area contributed by atoms with Crippen LogP contribution < -0.4 is 11.2 Å². The van der Waals surface area contributed by atoms with Crippen molar-refractivity contribution in [3.05, 3.63) is 33.1 Å². The molecule has 1 aromatic rings. The van der Waals surface area contributed by atoms with Gasteiger partial charge in [0.2, 0.25) is 5.72 Å². The van der Waals surface area contributed by atoms with E-state index in [4.69, 9.17) is 14.6 Å². The Morgan fingerprint density at radius 3 is 2.89 bits per heavy atom. The van der Waals surface area contributed by atoms with Crippen LogP contribution in [0.15, 0.2) is 21.9 Å². The minimum atomic E-state index is -1.14. The maximum absolute atomic E-state index is 11.7. The van der Waals surface area contributed by atoms with E-state index < -0.39 is 35.3 Å². The molecule has 2 aliphatic rings. The van der Waals surface area contributed by atoms with E-state index in [-0.39, 0.29) is 13.2 Å². The fourth-order valence-corrected chi connectivity index (χ4v) is 2.44. The van der Waals surface area contributed by atoms with Crippen molar-refractivity contribution in [3.8, 4) is 0 Å². The second-order valence-electron chi connectivity index (χ2n) is 4.39. The number of nitrogens with one attached hydrogen (secondary N) is 1. The number of hydrogen-bond acceptors (Lipinski definition) is 6. The van der Waals surface area contributed by atoms with E-state index in [1.165, 1.54) is 16.8 Å². The van der Waals surface area contributed by atoms with Crippen molar-refractivity contribution in [3.63, 3.8) is 0 Å². The Hall–Kier alpha value is -1.48. The molecule has 2 aliphatic heterocycles. The van der Waals surface area contributed by atoms with Crippen molar-refractivity contribution in [2.24, 2.45) is 0 Å². The lowest BCUT2D eigenvalue weighted by molar-refractivity contribution is -0.278. The molecule has 0 unspecified atom stereocenters. The highest BCUT2D eigenvalue weighted by molar-refractivity contribution is 5.07. The van der Waals surface area contributed by atoms with Crippen LogP contribution >= 0.6 is 0 Å². The number of aromatic amines is 1. The van der Waals surface area contributed by atoms with Gasteiger partial charge in [0.15, 0.2) is 0 Å². The van der Waals surface area contributed by atoms with Gasteiger partial charge in [-0.25, -0.2) is 4.79 Å². The third-order valence-corrected chi connectivity index (χ3v) is 3.37. The summed E-state index contributed by atoms with van der Waals surface area (Å²) in [6, 6.07) is 1.19. The van der Waals surface area contributed by atoms with Gasteiger partial charge >= 0.3 is 5.69 Å². The van der Waals surface area contributed by atoms with Crippen LogP contribution in [0, 0.1) is 0 Å². The number of hydrogen-bond donors (Lipinski definition) is 3. The van der Waals surface area contributed by atoms with Crippen LogP contribution in [0.25, 0.3) is 0 Å². The SMILES string of the molecule is O=c1ccn([C@@]23CO[C@@H]2[C@H](O)[C@@H](CO)O3)c(=O)[nH]1. The molecule has 18 heavy (non-hydrogen) atoms. The van der Waals surface area contributed by atoms with Crippen molar-refractivity contribution in [1.82, 2.24) is 9.55 Å². The lowest BCUT2D eigenvalue weighted by atomic mass is 9.98. The Morgan fingerprint density at radius 1 is 1.56 bits per heavy atom. The van der Waals surface area contributed by atoms with Gasteiger partial charge < -0.3 is 19.7 Å². The number of aromatic nitrogens is 2. The van der Waals surface area contributed by atoms with Gasteiger partial charge in [-0.15, -0.1) is 0 Å². The van der Waals surface area contributed by atoms with Crippen molar-refractivity contribution in [1.29, 1.82) is 0 Å². The van der Waals surface area contributed by atoms with Crippen LogP contribution in [0.1, 0.15) is 0 Å². The molecule has 2 fully saturated rings. The molecule has 0 saturated carbocycles. The van der Waals surface area contributed by atoms with E-state index in [0.717, 1.165) is 0 Å². The molecule has 1 aromatic heterocycles. The molecule has 3 N–H and O–H groups in total. The normalized spacial score (nSPS) is 38.2. The molecular formula is C10H12N2O6. The number of aliphatic hydroxyl groups is 2. The number of ether oxygens (including phenoxy) is 2. The first kappa shape index (κ1) is 11.6. The van der Waals surface area contributed by atoms with E-state index in [1.54, 1.807) is 0 Å². The van der Waals surface area contributed by atoms with Crippen molar-refractivity contribution in [2.75, 3.05) is 13.2 Å². The predicted octanol–water partition coefficient (Wildman–Crippen LogP) is -2.66. The second kappa shape index (κ2) is 3.75. The highest BCUT2D eigenvalue weighted by Crippen LogP contribution is 2.43. The Morgan fingerprint density at radius 2 is 2.33 bits per heavy atom. The van der Waals surface area contributed by atoms with E-state index in [9.17, 15) is 14.7 Å². The largest absolute Gasteiger partial charge is 0.394 e. The first-order valence-corrected chi connectivity index (χ1v) is 5.49. The zero-order valence-corrected chi connectivity index (χ0v) is 9.28. The van der Waals surface area contributed by atoms with Crippen LogP contribution in [0.2, 0.25) is 0 Å². The van der Waals surface area contributed by atoms with Gasteiger partial charge in [-0.1, -0.05) is 0 Å². The van der Waals surface area contributed by atoms with Crippen molar-refractivity contribution in [2.45, 2.75) is 24.0 Å². The van der Waals surface area contributed by atoms with Crippen LogP contribution in [-0.2, 0) is 15.2 Å². The van der Waals surface area contributed by atoms with Gasteiger partial charge in [-0.05, 0) is 0 Å². The molecule has 98 valence electrons. The summed E-state index contributed by atoms with van der Waals surface area (Å²) in [4.78, 5) is 24.9. The zero-order chi connectivity index (χ0) is 12.9. The molecule has 8 nitrogen and oxygen atoms in total. The third-order valence-electron chi connectivity index (χ3n) is 3.37. The lowest BCUT2D eigenvalue weighted by Gasteiger charge is -2.44. The number of H-pyrrole nitrogens is 1. The average Bonchev–Trinajstić information content (AvgIpc) is 2.48. The number of rotatable bonds is 2. The summed E-state index contributed by atoms with van der Waals surface area (Å²) in [7, 11) is 0. The number of nitrogens with zero attached hydrogens (tertiary/aromatic N) is 1. The Kier molecular flexibility index (Phi) is 2.42. The predicted molar refractivity (Wildman–Crippen MR) is 57.0 cm³/mol. The summed E-state index contributed by atoms with van der Waals surface area (Å²) in [5.74, 6) is 0. The monoisotopic (exact) mass is 256 g/mol. The Bertz CT molecular complexity index is 580. The quantitative estimate of drug-likeness (QED) is 0.532. The highest BCUT2D eigenvalue weighted by atomic mass is 16.7. The van der Waals surface area contributed by atoms with Crippen LogP contribution in [0.4, 0.5) is 0 Å². The fourth-order valence-electron chi connectivity index (χ4n) is 2.44. The topological polar surface area (TPSA) is 114 Å². The smallest absolute Gasteiger partial charge is 0.330 e. The standard InChI is InChI=1S/C10H12N2O6/c13-3-5-7(15)8-10(18-5,4-17-8)12-2-1-6(14)11-9(12)16/h1-2,5,7-8,13,15H,3-4H2,(H,11,14,16)/t5-,7-,8-,10-/m1/s1. The van der Waals surface area contributed by atoms with Gasteiger partial charge in [0.05, 0.1) is 13.2 Å². The van der Waals surface area contributed by atoms with Crippen LogP contribution in [-0.4, -0.2) is 51.3 Å². The summed E-state index contributed by atoms with van der Waals surface area (Å²) in [5.41, 5.74) is -2.29. The Labute approximate surface area is 100 Å². The van der Waals surface area contributed by atoms with E-state index in [0.29, 0.717) is 0 Å². The molecule has 4 atom stereocenters. The fraction of sp³-hybridized carbons (Fsp3) is 0.600. The third kappa shape index (κ3) is 1.34. The minimum absolute atomic E-state index is 0.0805. The lowest BCUT2D eigenvalue weighted by Crippen LogP contribution is -2.63. The van der Waals surface area contributed by atoms with E-state index in [1.807, 2.05) is 0 Å². The first-order valence-electron chi connectivity index (χ1n) is 5.49. The van der Waals surface area contributed by atoms with Gasteiger partial charge in [0, 0.05) is 12.3 Å². The molecule has 0 aromatic carbocycles. The van der Waals surface area contributed by atoms with Crippen LogP contribution in [0.5, 0.6) is 0 Å². The van der Waals surface area contributed by atoms with Crippen molar-refractivity contribution < 1.29 is 19.7 Å². The van der Waals surface area contributed by atoms with E-state index >= 15 is 0 Å². The summed E-state index contributed by atoms with van der Waals surface area (Å²) in [6.07, 6.45) is -1.25. The van der Waals surface area contributed by atoms with Gasteiger partial charge in [-0.2, -0.15) is 0 Å². The average molecular weight is 256 g/mol. The number of aliphatic hydroxyl groups excluding tert-OH is 2. The molecule has 0 amide bonds. The molecule has 0 spiro atoms. The number of fused-ring (bicyclic) bond motifs is 1. The highest BCUT2D eigenvalue weighted by Gasteiger charge is 2.63. The molecule has 2 saturated heterocycles. The summed E-state index contributed by atoms with van der Waals surface area (Å²) >= 11 is 0.